The molecule has 0 spiro atoms. The molecule has 320 valence electrons. The summed E-state index contributed by atoms with van der Waals surface area (Å²) in [6.45, 7) is 7.26. The van der Waals surface area contributed by atoms with Gasteiger partial charge in [0.25, 0.3) is 0 Å². The predicted octanol–water partition coefficient (Wildman–Crippen LogP) is 9.09. The van der Waals surface area contributed by atoms with Crippen molar-refractivity contribution in [1.29, 1.82) is 0 Å². The average molecular weight is 827 g/mol. The van der Waals surface area contributed by atoms with Crippen LogP contribution in [0.2, 0.25) is 0 Å². The highest BCUT2D eigenvalue weighted by molar-refractivity contribution is 5.83. The van der Waals surface area contributed by atoms with E-state index in [0.717, 1.165) is 22.3 Å². The van der Waals surface area contributed by atoms with Gasteiger partial charge < -0.3 is 42.6 Å². The highest BCUT2D eigenvalue weighted by Gasteiger charge is 2.54. The minimum absolute atomic E-state index is 0.201. The summed E-state index contributed by atoms with van der Waals surface area (Å²) in [5.74, 6) is 3.39. The van der Waals surface area contributed by atoms with Gasteiger partial charge in [0, 0.05) is 19.4 Å². The van der Waals surface area contributed by atoms with E-state index in [0.29, 0.717) is 39.1 Å². The molecule has 8 rings (SSSR count). The summed E-state index contributed by atoms with van der Waals surface area (Å²) in [5, 5.41) is 2.30. The van der Waals surface area contributed by atoms with Crippen molar-refractivity contribution in [2.45, 2.75) is 133 Å². The third kappa shape index (κ3) is 11.1. The Morgan fingerprint density at radius 2 is 1.38 bits per heavy atom. The normalized spacial score (nSPS) is 30.6. The van der Waals surface area contributed by atoms with E-state index >= 15 is 0 Å². The Labute approximate surface area is 360 Å². The van der Waals surface area contributed by atoms with Gasteiger partial charge in [-0.15, -0.1) is 6.42 Å². The number of hydrogen-bond acceptors (Lipinski definition) is 9. The Kier molecular flexibility index (Phi) is 14.8. The fraction of sp³-hybridized carbons (Fsp3) is 0.423. The van der Waals surface area contributed by atoms with Gasteiger partial charge in [0.05, 0.1) is 43.7 Å². The number of allylic oxidation sites excluding steroid dienone is 1. The minimum atomic E-state index is -0.467. The first-order valence-electron chi connectivity index (χ1n) is 21.8. The van der Waals surface area contributed by atoms with Gasteiger partial charge in [0.2, 0.25) is 0 Å². The fourth-order valence-corrected chi connectivity index (χ4v) is 8.84. The van der Waals surface area contributed by atoms with Crippen molar-refractivity contribution in [1.82, 2.24) is 0 Å². The van der Waals surface area contributed by atoms with E-state index in [4.69, 9.17) is 49.1 Å². The SMILES string of the molecule is C#C/C=C\C[C@H]1O[C@H]2C=C[C@H]3O[C@H]4[C@@H](OCc5ccccc5)[C@H](OCc5ccccc5)[C@H](C[C@H](C)Oc5ccc6ccccc6c5)O[C@@H]4C[C@@H]3O[C@@H]2C=C[C@@H]1OC(C)OCC. The molecule has 4 aromatic rings. The molecular formula is C52H58O9. The van der Waals surface area contributed by atoms with Gasteiger partial charge in [0.15, 0.2) is 6.29 Å². The predicted molar refractivity (Wildman–Crippen MR) is 235 cm³/mol. The lowest BCUT2D eigenvalue weighted by molar-refractivity contribution is -0.300. The lowest BCUT2D eigenvalue weighted by Crippen LogP contribution is -2.64. The van der Waals surface area contributed by atoms with E-state index in [2.05, 4.69) is 73.5 Å². The van der Waals surface area contributed by atoms with Crippen molar-refractivity contribution in [3.63, 3.8) is 0 Å². The first kappa shape index (κ1) is 43.1. The molecule has 0 amide bonds. The molecule has 0 bridgehead atoms. The van der Waals surface area contributed by atoms with Crippen LogP contribution in [0.4, 0.5) is 0 Å². The van der Waals surface area contributed by atoms with Crippen molar-refractivity contribution in [2.75, 3.05) is 6.61 Å². The van der Waals surface area contributed by atoms with Crippen LogP contribution in [0.5, 0.6) is 5.75 Å². The molecule has 0 N–H and O–H groups in total. The van der Waals surface area contributed by atoms with Crippen LogP contribution < -0.4 is 4.74 Å². The van der Waals surface area contributed by atoms with E-state index in [1.165, 1.54) is 5.39 Å². The Balaban J connectivity index is 1.06. The van der Waals surface area contributed by atoms with E-state index in [9.17, 15) is 0 Å². The second-order valence-electron chi connectivity index (χ2n) is 16.2. The summed E-state index contributed by atoms with van der Waals surface area (Å²) >= 11 is 0. The topological polar surface area (TPSA) is 83.1 Å². The summed E-state index contributed by atoms with van der Waals surface area (Å²) in [5.41, 5.74) is 2.13. The zero-order valence-electron chi connectivity index (χ0n) is 35.3. The molecule has 0 radical (unpaired) electrons. The Hall–Kier alpha value is -4.60. The summed E-state index contributed by atoms with van der Waals surface area (Å²) in [7, 11) is 0. The first-order chi connectivity index (χ1) is 29.9. The quantitative estimate of drug-likeness (QED) is 0.0625. The molecular weight excluding hydrogens is 769 g/mol. The lowest BCUT2D eigenvalue weighted by Gasteiger charge is -2.51. The van der Waals surface area contributed by atoms with Gasteiger partial charge in [-0.05, 0) is 67.3 Å². The maximum atomic E-state index is 7.14. The summed E-state index contributed by atoms with van der Waals surface area (Å²) in [6, 6.07) is 35.0. The Morgan fingerprint density at radius 1 is 0.705 bits per heavy atom. The highest BCUT2D eigenvalue weighted by Crippen LogP contribution is 2.40. The van der Waals surface area contributed by atoms with E-state index in [-0.39, 0.29) is 54.9 Å². The highest BCUT2D eigenvalue weighted by atomic mass is 16.7. The van der Waals surface area contributed by atoms with Crippen LogP contribution in [-0.4, -0.2) is 86.1 Å². The van der Waals surface area contributed by atoms with E-state index < -0.39 is 24.6 Å². The smallest absolute Gasteiger partial charge is 0.155 e. The molecule has 2 saturated heterocycles. The fourth-order valence-electron chi connectivity index (χ4n) is 8.84. The molecule has 13 atom stereocenters. The average Bonchev–Trinajstić information content (AvgIpc) is 3.54. The monoisotopic (exact) mass is 826 g/mol. The number of terminal acetylenes is 1. The molecule has 0 aliphatic carbocycles. The molecule has 2 fully saturated rings. The maximum absolute atomic E-state index is 7.14. The van der Waals surface area contributed by atoms with Crippen LogP contribution in [-0.2, 0) is 51.1 Å². The summed E-state index contributed by atoms with van der Waals surface area (Å²) < 4.78 is 60.4. The van der Waals surface area contributed by atoms with Crippen molar-refractivity contribution in [2.24, 2.45) is 0 Å². The second kappa shape index (κ2) is 21.0. The zero-order chi connectivity index (χ0) is 42.0. The largest absolute Gasteiger partial charge is 0.491 e. The summed E-state index contributed by atoms with van der Waals surface area (Å²) in [6.07, 6.45) is 14.2. The third-order valence-corrected chi connectivity index (χ3v) is 11.7. The molecule has 0 aromatic heterocycles. The van der Waals surface area contributed by atoms with Crippen molar-refractivity contribution < 1.29 is 42.6 Å². The molecule has 0 saturated carbocycles. The Morgan fingerprint density at radius 3 is 2.11 bits per heavy atom. The number of hydrogen-bond donors (Lipinski definition) is 0. The molecule has 9 heteroatoms. The van der Waals surface area contributed by atoms with Gasteiger partial charge in [-0.2, -0.15) is 0 Å². The van der Waals surface area contributed by atoms with Crippen LogP contribution in [0.1, 0.15) is 51.2 Å². The minimum Gasteiger partial charge on any atom is -0.491 e. The van der Waals surface area contributed by atoms with Gasteiger partial charge in [-0.1, -0.05) is 127 Å². The third-order valence-electron chi connectivity index (χ3n) is 11.7. The second-order valence-corrected chi connectivity index (χ2v) is 16.2. The maximum Gasteiger partial charge on any atom is 0.155 e. The number of benzene rings is 4. The van der Waals surface area contributed by atoms with Crippen molar-refractivity contribution in [3.05, 3.63) is 151 Å². The first-order valence-corrected chi connectivity index (χ1v) is 21.8. The number of ether oxygens (including phenoxy) is 9. The Bertz CT molecular complexity index is 2110. The number of fused-ring (bicyclic) bond motifs is 4. The van der Waals surface area contributed by atoms with E-state index in [1.807, 2.05) is 86.7 Å². The molecule has 61 heavy (non-hydrogen) atoms. The molecule has 4 aliphatic heterocycles. The van der Waals surface area contributed by atoms with Crippen LogP contribution in [0.3, 0.4) is 0 Å². The van der Waals surface area contributed by atoms with Gasteiger partial charge in [-0.3, -0.25) is 0 Å². The molecule has 4 aromatic carbocycles. The zero-order valence-corrected chi connectivity index (χ0v) is 35.3. The van der Waals surface area contributed by atoms with Crippen LogP contribution >= 0.6 is 0 Å². The molecule has 1 unspecified atom stereocenters. The van der Waals surface area contributed by atoms with Crippen molar-refractivity contribution in [3.8, 4) is 18.1 Å². The van der Waals surface area contributed by atoms with Gasteiger partial charge in [-0.25, -0.2) is 0 Å². The number of rotatable bonds is 16. The van der Waals surface area contributed by atoms with Crippen LogP contribution in [0, 0.1) is 12.3 Å². The lowest BCUT2D eigenvalue weighted by atomic mass is 9.86. The molecule has 4 heterocycles. The molecule has 9 nitrogen and oxygen atoms in total. The van der Waals surface area contributed by atoms with Crippen molar-refractivity contribution >= 4 is 10.8 Å². The standard InChI is InChI=1S/C52H58O9/c1-5-7-10-23-42-43(57-36(4)53-6-2)26-27-45-44(58-42)28-29-46-47(59-45)32-49-51(61-46)52(55-34-38-19-13-9-14-20-38)50(54-33-37-17-11-8-12-18-37)48(60-49)30-35(3)56-41-25-24-39-21-15-16-22-40(39)31-41/h1,7-22,24-29,31,35-36,42-52H,6,23,30,32-34H2,2-4H3/b10-7-/t35-,36?,42+,43-,44-,45+,46+,47-,48-,49+,50+,51+,52-/m0/s1. The summed E-state index contributed by atoms with van der Waals surface area (Å²) in [4.78, 5) is 0. The van der Waals surface area contributed by atoms with Crippen LogP contribution in [0.15, 0.2) is 140 Å². The molecule has 4 aliphatic rings. The van der Waals surface area contributed by atoms with Gasteiger partial charge in [0.1, 0.15) is 48.5 Å². The van der Waals surface area contributed by atoms with E-state index in [1.54, 1.807) is 6.08 Å². The van der Waals surface area contributed by atoms with Crippen LogP contribution in [0.25, 0.3) is 10.8 Å². The van der Waals surface area contributed by atoms with Gasteiger partial charge >= 0.3 is 0 Å².